The number of amides is 2. The highest BCUT2D eigenvalue weighted by Gasteiger charge is 2.09. The van der Waals surface area contributed by atoms with Gasteiger partial charge < -0.3 is 10.6 Å². The summed E-state index contributed by atoms with van der Waals surface area (Å²) < 4.78 is 1.76. The Balaban J connectivity index is 2.52. The molecule has 1 aromatic carbocycles. The summed E-state index contributed by atoms with van der Waals surface area (Å²) in [6.45, 7) is 2.29. The molecule has 0 fully saturated rings. The lowest BCUT2D eigenvalue weighted by molar-refractivity contribution is -0.118. The Morgan fingerprint density at radius 1 is 1.29 bits per heavy atom. The first kappa shape index (κ1) is 14.4. The Morgan fingerprint density at radius 3 is 2.59 bits per heavy atom. The molecule has 0 saturated heterocycles. The molecule has 0 aliphatic rings. The molecule has 0 saturated carbocycles. The molecule has 92 valence electrons. The number of rotatable bonds is 4. The normalized spacial score (nSPS) is 9.82. The molecule has 1 rings (SSSR count). The van der Waals surface area contributed by atoms with E-state index in [0.717, 1.165) is 8.04 Å². The van der Waals surface area contributed by atoms with E-state index in [1.54, 1.807) is 6.07 Å². The summed E-state index contributed by atoms with van der Waals surface area (Å²) in [5.74, 6) is -0.254. The molecular formula is C11H12BrIN2O2. The van der Waals surface area contributed by atoms with Crippen molar-refractivity contribution < 1.29 is 9.59 Å². The van der Waals surface area contributed by atoms with Crippen LogP contribution >= 0.6 is 38.5 Å². The Morgan fingerprint density at radius 2 is 1.94 bits per heavy atom. The van der Waals surface area contributed by atoms with Crippen molar-refractivity contribution in [3.63, 3.8) is 0 Å². The average Bonchev–Trinajstić information content (AvgIpc) is 2.27. The van der Waals surface area contributed by atoms with Gasteiger partial charge in [-0.15, -0.1) is 0 Å². The predicted octanol–water partition coefficient (Wildman–Crippen LogP) is 1.92. The minimum absolute atomic E-state index is 0.102. The fourth-order valence-electron chi connectivity index (χ4n) is 1.18. The van der Waals surface area contributed by atoms with E-state index in [9.17, 15) is 9.59 Å². The van der Waals surface area contributed by atoms with Crippen LogP contribution in [0.3, 0.4) is 0 Å². The van der Waals surface area contributed by atoms with Gasteiger partial charge in [-0.2, -0.15) is 0 Å². The van der Waals surface area contributed by atoms with Gasteiger partial charge >= 0.3 is 0 Å². The van der Waals surface area contributed by atoms with E-state index in [0.29, 0.717) is 18.7 Å². The van der Waals surface area contributed by atoms with Gasteiger partial charge in [0.1, 0.15) is 0 Å². The topological polar surface area (TPSA) is 58.2 Å². The first-order valence-corrected chi connectivity index (χ1v) is 6.85. The van der Waals surface area contributed by atoms with E-state index in [1.165, 1.54) is 6.92 Å². The standard InChI is InChI=1S/C11H12BrIN2O2/c1-7(16)14-4-5-15-11(17)9-6-8(13)2-3-10(9)12/h2-3,6H,4-5H2,1H3,(H,14,16)(H,15,17). The maximum Gasteiger partial charge on any atom is 0.252 e. The minimum Gasteiger partial charge on any atom is -0.355 e. The number of benzene rings is 1. The van der Waals surface area contributed by atoms with Crippen LogP contribution in [0.1, 0.15) is 17.3 Å². The number of hydrogen-bond acceptors (Lipinski definition) is 2. The van der Waals surface area contributed by atoms with Crippen LogP contribution in [-0.4, -0.2) is 24.9 Å². The molecule has 0 aliphatic heterocycles. The number of nitrogens with one attached hydrogen (secondary N) is 2. The molecule has 2 amide bonds. The molecule has 1 aromatic rings. The maximum atomic E-state index is 11.8. The van der Waals surface area contributed by atoms with Crippen molar-refractivity contribution in [3.05, 3.63) is 31.8 Å². The molecule has 4 nitrogen and oxygen atoms in total. The van der Waals surface area contributed by atoms with Crippen LogP contribution in [0.15, 0.2) is 22.7 Å². The number of carbonyl (C=O) groups is 2. The highest BCUT2D eigenvalue weighted by molar-refractivity contribution is 14.1. The van der Waals surface area contributed by atoms with E-state index in [1.807, 2.05) is 12.1 Å². The molecule has 0 heterocycles. The highest BCUT2D eigenvalue weighted by atomic mass is 127. The van der Waals surface area contributed by atoms with Crippen molar-refractivity contribution in [2.75, 3.05) is 13.1 Å². The SMILES string of the molecule is CC(=O)NCCNC(=O)c1cc(I)ccc1Br. The third-order valence-electron chi connectivity index (χ3n) is 1.96. The summed E-state index contributed by atoms with van der Waals surface area (Å²) in [6.07, 6.45) is 0. The van der Waals surface area contributed by atoms with Gasteiger partial charge in [-0.3, -0.25) is 9.59 Å². The Hall–Kier alpha value is -0.630. The van der Waals surface area contributed by atoms with Gasteiger partial charge in [0.15, 0.2) is 0 Å². The quantitative estimate of drug-likeness (QED) is 0.588. The van der Waals surface area contributed by atoms with E-state index < -0.39 is 0 Å². The average molecular weight is 411 g/mol. The summed E-state index contributed by atoms with van der Waals surface area (Å²) in [7, 11) is 0. The van der Waals surface area contributed by atoms with E-state index in [4.69, 9.17) is 0 Å². The van der Waals surface area contributed by atoms with Gasteiger partial charge in [-0.25, -0.2) is 0 Å². The monoisotopic (exact) mass is 410 g/mol. The second-order valence-electron chi connectivity index (χ2n) is 3.36. The Bertz CT molecular complexity index is 437. The second kappa shape index (κ2) is 6.95. The molecule has 0 bridgehead atoms. The molecule has 0 atom stereocenters. The molecule has 2 N–H and O–H groups in total. The second-order valence-corrected chi connectivity index (χ2v) is 5.46. The largest absolute Gasteiger partial charge is 0.355 e. The lowest BCUT2D eigenvalue weighted by Gasteiger charge is -2.07. The van der Waals surface area contributed by atoms with E-state index in [-0.39, 0.29) is 11.8 Å². The zero-order chi connectivity index (χ0) is 12.8. The molecular weight excluding hydrogens is 399 g/mol. The van der Waals surface area contributed by atoms with Crippen molar-refractivity contribution in [2.45, 2.75) is 6.92 Å². The highest BCUT2D eigenvalue weighted by Crippen LogP contribution is 2.19. The first-order valence-electron chi connectivity index (χ1n) is 4.98. The van der Waals surface area contributed by atoms with Crippen molar-refractivity contribution in [1.82, 2.24) is 10.6 Å². The minimum atomic E-state index is -0.152. The van der Waals surface area contributed by atoms with Crippen molar-refractivity contribution in [2.24, 2.45) is 0 Å². The molecule has 0 spiro atoms. The summed E-state index contributed by atoms with van der Waals surface area (Å²) in [4.78, 5) is 22.4. The fourth-order valence-corrected chi connectivity index (χ4v) is 2.10. The fraction of sp³-hybridized carbons (Fsp3) is 0.273. The molecule has 6 heteroatoms. The summed E-state index contributed by atoms with van der Waals surface area (Å²) >= 11 is 5.48. The van der Waals surface area contributed by atoms with Gasteiger partial charge in [0.05, 0.1) is 5.56 Å². The Labute approximate surface area is 122 Å². The lowest BCUT2D eigenvalue weighted by atomic mass is 10.2. The van der Waals surface area contributed by atoms with Gasteiger partial charge in [-0.1, -0.05) is 0 Å². The van der Waals surface area contributed by atoms with Crippen molar-refractivity contribution in [1.29, 1.82) is 0 Å². The van der Waals surface area contributed by atoms with Crippen LogP contribution in [-0.2, 0) is 4.79 Å². The van der Waals surface area contributed by atoms with Gasteiger partial charge in [0, 0.05) is 28.1 Å². The van der Waals surface area contributed by atoms with Crippen LogP contribution < -0.4 is 10.6 Å². The Kier molecular flexibility index (Phi) is 5.90. The van der Waals surface area contributed by atoms with Crippen LogP contribution in [0.25, 0.3) is 0 Å². The van der Waals surface area contributed by atoms with Gasteiger partial charge in [0.2, 0.25) is 5.91 Å². The first-order chi connectivity index (χ1) is 8.00. The number of hydrogen-bond donors (Lipinski definition) is 2. The van der Waals surface area contributed by atoms with Gasteiger partial charge in [0.25, 0.3) is 5.91 Å². The van der Waals surface area contributed by atoms with Crippen LogP contribution in [0.4, 0.5) is 0 Å². The predicted molar refractivity (Wildman–Crippen MR) is 77.9 cm³/mol. The van der Waals surface area contributed by atoms with Crippen LogP contribution in [0.2, 0.25) is 0 Å². The van der Waals surface area contributed by atoms with E-state index >= 15 is 0 Å². The number of halogens is 2. The van der Waals surface area contributed by atoms with Gasteiger partial charge in [-0.05, 0) is 56.7 Å². The number of carbonyl (C=O) groups excluding carboxylic acids is 2. The smallest absolute Gasteiger partial charge is 0.252 e. The third kappa shape index (κ3) is 5.03. The molecule has 17 heavy (non-hydrogen) atoms. The molecule has 0 unspecified atom stereocenters. The van der Waals surface area contributed by atoms with Crippen LogP contribution in [0, 0.1) is 3.57 Å². The third-order valence-corrected chi connectivity index (χ3v) is 3.32. The summed E-state index contributed by atoms with van der Waals surface area (Å²) in [5, 5.41) is 5.35. The van der Waals surface area contributed by atoms with Crippen molar-refractivity contribution >= 4 is 50.3 Å². The van der Waals surface area contributed by atoms with E-state index in [2.05, 4.69) is 49.2 Å². The zero-order valence-corrected chi connectivity index (χ0v) is 13.0. The molecule has 0 radical (unpaired) electrons. The summed E-state index contributed by atoms with van der Waals surface area (Å²) in [6, 6.07) is 5.56. The molecule has 0 aliphatic carbocycles. The maximum absolute atomic E-state index is 11.8. The van der Waals surface area contributed by atoms with Crippen molar-refractivity contribution in [3.8, 4) is 0 Å². The molecule has 0 aromatic heterocycles. The lowest BCUT2D eigenvalue weighted by Crippen LogP contribution is -2.33. The zero-order valence-electron chi connectivity index (χ0n) is 9.22. The van der Waals surface area contributed by atoms with Crippen LogP contribution in [0.5, 0.6) is 0 Å². The summed E-state index contributed by atoms with van der Waals surface area (Å²) in [5.41, 5.74) is 0.597.